The molecule has 1 N–H and O–H groups in total. The largest absolute Gasteiger partial charge is 0.497 e. The number of methoxy groups -OCH3 is 1. The summed E-state index contributed by atoms with van der Waals surface area (Å²) in [5.41, 5.74) is 4.30. The number of carbonyl (C=O) groups is 1. The van der Waals surface area contributed by atoms with Crippen molar-refractivity contribution in [1.82, 2.24) is 20.0 Å². The van der Waals surface area contributed by atoms with Gasteiger partial charge in [-0.15, -0.1) is 0 Å². The number of aromatic nitrogens is 2. The molecule has 0 spiro atoms. The van der Waals surface area contributed by atoms with Crippen LogP contribution in [0, 0.1) is 5.92 Å². The highest BCUT2D eigenvalue weighted by Gasteiger charge is 2.26. The van der Waals surface area contributed by atoms with Gasteiger partial charge in [-0.3, -0.25) is 9.69 Å². The fourth-order valence-corrected chi connectivity index (χ4v) is 4.56. The van der Waals surface area contributed by atoms with Gasteiger partial charge in [-0.25, -0.2) is 4.68 Å². The molecule has 4 rings (SSSR count). The molecule has 0 aliphatic carbocycles. The Morgan fingerprint density at radius 1 is 1.06 bits per heavy atom. The summed E-state index contributed by atoms with van der Waals surface area (Å²) in [5, 5.41) is 8.08. The molecule has 0 bridgehead atoms. The van der Waals surface area contributed by atoms with Gasteiger partial charge in [-0.2, -0.15) is 5.10 Å². The number of nitrogens with zero attached hydrogens (tertiary/aromatic N) is 3. The Bertz CT molecular complexity index is 1040. The van der Waals surface area contributed by atoms with Gasteiger partial charge < -0.3 is 10.1 Å². The maximum atomic E-state index is 12.5. The third kappa shape index (κ3) is 6.06. The van der Waals surface area contributed by atoms with Crippen LogP contribution in [0.5, 0.6) is 5.75 Å². The number of likely N-dealkylation sites (tertiary alicyclic amines) is 1. The van der Waals surface area contributed by atoms with Crippen LogP contribution in [-0.2, 0) is 11.3 Å². The molecular formula is C28H36N4O2. The van der Waals surface area contributed by atoms with E-state index >= 15 is 0 Å². The Morgan fingerprint density at radius 2 is 1.79 bits per heavy atom. The Balaban J connectivity index is 1.45. The minimum atomic E-state index is 0.131. The molecule has 0 saturated carbocycles. The second-order valence-corrected chi connectivity index (χ2v) is 9.06. The van der Waals surface area contributed by atoms with Crippen molar-refractivity contribution in [2.45, 2.75) is 45.6 Å². The van der Waals surface area contributed by atoms with Crippen molar-refractivity contribution in [2.24, 2.45) is 5.92 Å². The number of piperidine rings is 1. The number of unbranched alkanes of at least 4 members (excludes halogenated alkanes) is 2. The van der Waals surface area contributed by atoms with Gasteiger partial charge in [0, 0.05) is 36.3 Å². The van der Waals surface area contributed by atoms with Crippen LogP contribution in [0.3, 0.4) is 0 Å². The predicted molar refractivity (Wildman–Crippen MR) is 136 cm³/mol. The monoisotopic (exact) mass is 460 g/mol. The summed E-state index contributed by atoms with van der Waals surface area (Å²) >= 11 is 0. The van der Waals surface area contributed by atoms with Gasteiger partial charge in [0.2, 0.25) is 5.91 Å². The molecule has 1 aliphatic rings. The van der Waals surface area contributed by atoms with Crippen molar-refractivity contribution >= 4 is 5.91 Å². The number of para-hydroxylation sites is 1. The van der Waals surface area contributed by atoms with Crippen molar-refractivity contribution in [3.63, 3.8) is 0 Å². The van der Waals surface area contributed by atoms with E-state index in [1.165, 1.54) is 18.4 Å². The predicted octanol–water partition coefficient (Wildman–Crippen LogP) is 5.07. The van der Waals surface area contributed by atoms with Crippen molar-refractivity contribution in [3.8, 4) is 22.7 Å². The summed E-state index contributed by atoms with van der Waals surface area (Å²) in [6, 6.07) is 18.3. The summed E-state index contributed by atoms with van der Waals surface area (Å²) in [7, 11) is 1.68. The minimum Gasteiger partial charge on any atom is -0.497 e. The van der Waals surface area contributed by atoms with Crippen molar-refractivity contribution in [1.29, 1.82) is 0 Å². The standard InChI is InChI=1S/C28H36N4O2/c1-3-4-8-17-29-28(33)23-15-18-31(19-16-23)20-24-21-32(25-9-6-5-7-10-25)30-27(24)22-11-13-26(34-2)14-12-22/h5-7,9-14,21,23H,3-4,8,15-20H2,1-2H3,(H,29,33). The number of benzene rings is 2. The van der Waals surface area contributed by atoms with Crippen molar-refractivity contribution in [3.05, 3.63) is 66.4 Å². The molecule has 34 heavy (non-hydrogen) atoms. The van der Waals surface area contributed by atoms with Gasteiger partial charge >= 0.3 is 0 Å². The fraction of sp³-hybridized carbons (Fsp3) is 0.429. The number of hydrogen-bond donors (Lipinski definition) is 1. The van der Waals surface area contributed by atoms with Crippen molar-refractivity contribution < 1.29 is 9.53 Å². The first-order valence-electron chi connectivity index (χ1n) is 12.5. The first kappa shape index (κ1) is 24.0. The molecule has 1 saturated heterocycles. The smallest absolute Gasteiger partial charge is 0.223 e. The molecule has 2 aromatic carbocycles. The van der Waals surface area contributed by atoms with Crippen LogP contribution < -0.4 is 10.1 Å². The van der Waals surface area contributed by atoms with E-state index in [2.05, 4.69) is 47.6 Å². The quantitative estimate of drug-likeness (QED) is 0.429. The van der Waals surface area contributed by atoms with E-state index < -0.39 is 0 Å². The third-order valence-corrected chi connectivity index (χ3v) is 6.61. The number of hydrogen-bond acceptors (Lipinski definition) is 4. The Hall–Kier alpha value is -3.12. The second kappa shape index (κ2) is 11.8. The lowest BCUT2D eigenvalue weighted by Gasteiger charge is -2.31. The molecule has 180 valence electrons. The fourth-order valence-electron chi connectivity index (χ4n) is 4.56. The molecule has 0 atom stereocenters. The molecule has 6 nitrogen and oxygen atoms in total. The molecule has 0 radical (unpaired) electrons. The summed E-state index contributed by atoms with van der Waals surface area (Å²) in [5.74, 6) is 1.19. The SMILES string of the molecule is CCCCCNC(=O)C1CCN(Cc2cn(-c3ccccc3)nc2-c2ccc(OC)cc2)CC1. The first-order chi connectivity index (χ1) is 16.7. The van der Waals surface area contributed by atoms with Gasteiger partial charge in [0.1, 0.15) is 5.75 Å². The minimum absolute atomic E-state index is 0.131. The highest BCUT2D eigenvalue weighted by molar-refractivity contribution is 5.78. The Labute approximate surface area is 202 Å². The number of carbonyl (C=O) groups excluding carboxylic acids is 1. The van der Waals surface area contributed by atoms with Crippen LogP contribution >= 0.6 is 0 Å². The van der Waals surface area contributed by atoms with E-state index in [-0.39, 0.29) is 11.8 Å². The van der Waals surface area contributed by atoms with Gasteiger partial charge in [-0.1, -0.05) is 38.0 Å². The average Bonchev–Trinajstić information content (AvgIpc) is 3.31. The lowest BCUT2D eigenvalue weighted by Crippen LogP contribution is -2.40. The highest BCUT2D eigenvalue weighted by Crippen LogP contribution is 2.28. The van der Waals surface area contributed by atoms with Gasteiger partial charge in [0.15, 0.2) is 0 Å². The van der Waals surface area contributed by atoms with Crippen LogP contribution in [0.2, 0.25) is 0 Å². The number of amides is 1. The van der Waals surface area contributed by atoms with Gasteiger partial charge in [0.25, 0.3) is 0 Å². The molecule has 2 heterocycles. The zero-order valence-electron chi connectivity index (χ0n) is 20.4. The van der Waals surface area contributed by atoms with Crippen LogP contribution in [0.15, 0.2) is 60.8 Å². The zero-order chi connectivity index (χ0) is 23.8. The van der Waals surface area contributed by atoms with E-state index in [9.17, 15) is 4.79 Å². The van der Waals surface area contributed by atoms with Crippen LogP contribution in [0.4, 0.5) is 0 Å². The zero-order valence-corrected chi connectivity index (χ0v) is 20.4. The van der Waals surface area contributed by atoms with Gasteiger partial charge in [0.05, 0.1) is 18.5 Å². The maximum absolute atomic E-state index is 12.5. The lowest BCUT2D eigenvalue weighted by atomic mass is 9.95. The summed E-state index contributed by atoms with van der Waals surface area (Å²) in [4.78, 5) is 15.0. The molecule has 6 heteroatoms. The Morgan fingerprint density at radius 3 is 2.47 bits per heavy atom. The van der Waals surface area contributed by atoms with Crippen LogP contribution in [-0.4, -0.2) is 47.3 Å². The first-order valence-corrected chi connectivity index (χ1v) is 12.5. The molecular weight excluding hydrogens is 424 g/mol. The normalized spacial score (nSPS) is 14.8. The van der Waals surface area contributed by atoms with E-state index in [1.807, 2.05) is 35.0 Å². The molecule has 1 amide bonds. The molecule has 0 unspecified atom stereocenters. The van der Waals surface area contributed by atoms with Gasteiger partial charge in [-0.05, 0) is 68.8 Å². The number of ether oxygens (including phenoxy) is 1. The van der Waals surface area contributed by atoms with Crippen LogP contribution in [0.1, 0.15) is 44.6 Å². The summed E-state index contributed by atoms with van der Waals surface area (Å²) in [6.45, 7) is 5.65. The summed E-state index contributed by atoms with van der Waals surface area (Å²) < 4.78 is 7.29. The molecule has 1 aliphatic heterocycles. The average molecular weight is 461 g/mol. The lowest BCUT2D eigenvalue weighted by molar-refractivity contribution is -0.126. The highest BCUT2D eigenvalue weighted by atomic mass is 16.5. The van der Waals surface area contributed by atoms with E-state index in [0.717, 1.165) is 68.1 Å². The molecule has 1 aromatic heterocycles. The molecule has 1 fully saturated rings. The maximum Gasteiger partial charge on any atom is 0.223 e. The number of nitrogens with one attached hydrogen (secondary N) is 1. The second-order valence-electron chi connectivity index (χ2n) is 9.06. The molecule has 3 aromatic rings. The summed E-state index contributed by atoms with van der Waals surface area (Å²) in [6.07, 6.45) is 7.37. The van der Waals surface area contributed by atoms with Crippen molar-refractivity contribution in [2.75, 3.05) is 26.7 Å². The van der Waals surface area contributed by atoms with E-state index in [1.54, 1.807) is 7.11 Å². The topological polar surface area (TPSA) is 59.4 Å². The van der Waals surface area contributed by atoms with E-state index in [0.29, 0.717) is 0 Å². The Kier molecular flexibility index (Phi) is 8.36. The van der Waals surface area contributed by atoms with E-state index in [4.69, 9.17) is 9.84 Å². The van der Waals surface area contributed by atoms with Crippen LogP contribution in [0.25, 0.3) is 16.9 Å². The number of rotatable bonds is 10. The third-order valence-electron chi connectivity index (χ3n) is 6.61.